The zero-order valence-corrected chi connectivity index (χ0v) is 37.0. The lowest BCUT2D eigenvalue weighted by Gasteiger charge is -2.18. The Bertz CT molecular complexity index is 854. The molecule has 0 spiro atoms. The number of carbonyl (C=O) groups is 3. The molecule has 1 atom stereocenters. The Balaban J connectivity index is 4.29. The fourth-order valence-electron chi connectivity index (χ4n) is 7.08. The van der Waals surface area contributed by atoms with Crippen LogP contribution in [0.3, 0.4) is 0 Å². The number of rotatable bonds is 44. The van der Waals surface area contributed by atoms with Gasteiger partial charge in [-0.15, -0.1) is 0 Å². The first-order valence-corrected chi connectivity index (χ1v) is 24.2. The summed E-state index contributed by atoms with van der Waals surface area (Å²) >= 11 is 0. The van der Waals surface area contributed by atoms with Crippen molar-refractivity contribution < 1.29 is 28.6 Å². The summed E-state index contributed by atoms with van der Waals surface area (Å²) in [6, 6.07) is 0. The Hall–Kier alpha value is -1.85. The molecule has 0 fully saturated rings. The molecule has 0 N–H and O–H groups in total. The van der Waals surface area contributed by atoms with E-state index in [1.165, 1.54) is 161 Å². The van der Waals surface area contributed by atoms with Crippen LogP contribution in [0.4, 0.5) is 0 Å². The second kappa shape index (κ2) is 44.9. The highest BCUT2D eigenvalue weighted by Crippen LogP contribution is 2.15. The average Bonchev–Trinajstić information content (AvgIpc) is 3.18. The standard InChI is InChI=1S/C49H92O6/c1-4-7-10-13-16-19-21-23-24-26-28-31-33-36-39-42-48(51)54-45-46(55-49(52)43-40-37-34-29-18-15-12-9-6-3)44-53-47(50)41-38-35-32-30-27-25-22-20-17-14-11-8-5-2/h23-24,46H,4-22,25-45H2,1-3H3/b24-23+. The van der Waals surface area contributed by atoms with Gasteiger partial charge in [0.2, 0.25) is 0 Å². The fraction of sp³-hybridized carbons (Fsp3) is 0.898. The summed E-state index contributed by atoms with van der Waals surface area (Å²) in [5.41, 5.74) is 0. The first-order valence-electron chi connectivity index (χ1n) is 24.2. The molecular formula is C49H92O6. The molecule has 0 aliphatic heterocycles. The third-order valence-corrected chi connectivity index (χ3v) is 10.8. The highest BCUT2D eigenvalue weighted by Gasteiger charge is 2.19. The summed E-state index contributed by atoms with van der Waals surface area (Å²) in [6.07, 6.45) is 47.6. The maximum absolute atomic E-state index is 12.7. The van der Waals surface area contributed by atoms with Crippen LogP contribution >= 0.6 is 0 Å². The molecule has 6 heteroatoms. The van der Waals surface area contributed by atoms with Gasteiger partial charge in [-0.05, 0) is 44.9 Å². The van der Waals surface area contributed by atoms with Crippen molar-refractivity contribution in [3.63, 3.8) is 0 Å². The van der Waals surface area contributed by atoms with E-state index >= 15 is 0 Å². The number of carbonyl (C=O) groups excluding carboxylic acids is 3. The van der Waals surface area contributed by atoms with Crippen LogP contribution in [-0.4, -0.2) is 37.2 Å². The van der Waals surface area contributed by atoms with E-state index in [0.717, 1.165) is 64.2 Å². The third kappa shape index (κ3) is 43.1. The molecule has 0 amide bonds. The lowest BCUT2D eigenvalue weighted by Crippen LogP contribution is -2.30. The van der Waals surface area contributed by atoms with E-state index in [4.69, 9.17) is 14.2 Å². The topological polar surface area (TPSA) is 78.9 Å². The summed E-state index contributed by atoms with van der Waals surface area (Å²) in [5.74, 6) is -0.868. The van der Waals surface area contributed by atoms with Crippen LogP contribution < -0.4 is 0 Å². The van der Waals surface area contributed by atoms with Crippen LogP contribution in [0.1, 0.15) is 265 Å². The molecule has 0 saturated heterocycles. The normalized spacial score (nSPS) is 12.0. The number of unbranched alkanes of at least 4 members (excludes halogenated alkanes) is 31. The number of allylic oxidation sites excluding steroid dienone is 2. The van der Waals surface area contributed by atoms with Gasteiger partial charge in [-0.3, -0.25) is 14.4 Å². The highest BCUT2D eigenvalue weighted by molar-refractivity contribution is 5.71. The predicted octanol–water partition coefficient (Wildman–Crippen LogP) is 15.4. The van der Waals surface area contributed by atoms with Gasteiger partial charge < -0.3 is 14.2 Å². The van der Waals surface area contributed by atoms with E-state index in [2.05, 4.69) is 32.9 Å². The Labute approximate surface area is 341 Å². The average molecular weight is 777 g/mol. The molecule has 0 aromatic heterocycles. The summed E-state index contributed by atoms with van der Waals surface area (Å²) in [6.45, 7) is 6.62. The van der Waals surface area contributed by atoms with Crippen LogP contribution in [0.2, 0.25) is 0 Å². The van der Waals surface area contributed by atoms with Crippen molar-refractivity contribution in [2.24, 2.45) is 0 Å². The van der Waals surface area contributed by atoms with Gasteiger partial charge in [-0.1, -0.05) is 213 Å². The molecule has 0 heterocycles. The van der Waals surface area contributed by atoms with Gasteiger partial charge in [-0.25, -0.2) is 0 Å². The van der Waals surface area contributed by atoms with E-state index in [-0.39, 0.29) is 31.1 Å². The Kier molecular flexibility index (Phi) is 43.4. The van der Waals surface area contributed by atoms with Crippen LogP contribution in [0.15, 0.2) is 12.2 Å². The van der Waals surface area contributed by atoms with Crippen LogP contribution in [0, 0.1) is 0 Å². The Morgan fingerprint density at radius 2 is 0.600 bits per heavy atom. The zero-order chi connectivity index (χ0) is 40.1. The van der Waals surface area contributed by atoms with E-state index < -0.39 is 6.10 Å². The SMILES string of the molecule is CCCCCCCC/C=C/CCCCCCCC(=O)OCC(COC(=O)CCCCCCCCCCCCCCC)OC(=O)CCCCCCCCCCC. The molecule has 55 heavy (non-hydrogen) atoms. The summed E-state index contributed by atoms with van der Waals surface area (Å²) in [5, 5.41) is 0. The van der Waals surface area contributed by atoms with Crippen molar-refractivity contribution in [1.82, 2.24) is 0 Å². The minimum Gasteiger partial charge on any atom is -0.462 e. The zero-order valence-electron chi connectivity index (χ0n) is 37.0. The Morgan fingerprint density at radius 1 is 0.345 bits per heavy atom. The molecule has 6 nitrogen and oxygen atoms in total. The van der Waals surface area contributed by atoms with Crippen molar-refractivity contribution >= 4 is 17.9 Å². The van der Waals surface area contributed by atoms with Crippen LogP contribution in [0.25, 0.3) is 0 Å². The lowest BCUT2D eigenvalue weighted by atomic mass is 10.0. The number of esters is 3. The van der Waals surface area contributed by atoms with Crippen LogP contribution in [0.5, 0.6) is 0 Å². The van der Waals surface area contributed by atoms with Gasteiger partial charge in [0.05, 0.1) is 0 Å². The van der Waals surface area contributed by atoms with Crippen LogP contribution in [-0.2, 0) is 28.6 Å². The van der Waals surface area contributed by atoms with E-state index in [9.17, 15) is 14.4 Å². The molecule has 0 aromatic carbocycles. The van der Waals surface area contributed by atoms with Crippen molar-refractivity contribution in [3.8, 4) is 0 Å². The second-order valence-corrected chi connectivity index (χ2v) is 16.4. The van der Waals surface area contributed by atoms with Crippen molar-refractivity contribution in [3.05, 3.63) is 12.2 Å². The molecule has 0 bridgehead atoms. The van der Waals surface area contributed by atoms with Gasteiger partial charge in [0.25, 0.3) is 0 Å². The van der Waals surface area contributed by atoms with E-state index in [0.29, 0.717) is 19.3 Å². The summed E-state index contributed by atoms with van der Waals surface area (Å²) in [7, 11) is 0. The van der Waals surface area contributed by atoms with Gasteiger partial charge in [0, 0.05) is 19.3 Å². The summed E-state index contributed by atoms with van der Waals surface area (Å²) < 4.78 is 16.7. The molecule has 1 unspecified atom stereocenters. The first kappa shape index (κ1) is 53.1. The molecule has 324 valence electrons. The number of ether oxygens (including phenoxy) is 3. The molecule has 0 radical (unpaired) electrons. The molecule has 0 rings (SSSR count). The predicted molar refractivity (Wildman–Crippen MR) is 233 cm³/mol. The third-order valence-electron chi connectivity index (χ3n) is 10.8. The number of hydrogen-bond acceptors (Lipinski definition) is 6. The van der Waals surface area contributed by atoms with Gasteiger partial charge in [-0.2, -0.15) is 0 Å². The molecule has 0 aliphatic rings. The van der Waals surface area contributed by atoms with Crippen molar-refractivity contribution in [2.45, 2.75) is 271 Å². The summed E-state index contributed by atoms with van der Waals surface area (Å²) in [4.78, 5) is 37.7. The van der Waals surface area contributed by atoms with Crippen molar-refractivity contribution in [2.75, 3.05) is 13.2 Å². The maximum Gasteiger partial charge on any atom is 0.306 e. The van der Waals surface area contributed by atoms with Gasteiger partial charge in [0.15, 0.2) is 6.10 Å². The highest BCUT2D eigenvalue weighted by atomic mass is 16.6. The minimum atomic E-state index is -0.764. The minimum absolute atomic E-state index is 0.0680. The molecule has 0 aliphatic carbocycles. The fourth-order valence-corrected chi connectivity index (χ4v) is 7.08. The second-order valence-electron chi connectivity index (χ2n) is 16.4. The van der Waals surface area contributed by atoms with Crippen molar-refractivity contribution in [1.29, 1.82) is 0 Å². The smallest absolute Gasteiger partial charge is 0.306 e. The first-order chi connectivity index (χ1) is 27.0. The molecule has 0 aromatic rings. The monoisotopic (exact) mass is 777 g/mol. The van der Waals surface area contributed by atoms with Gasteiger partial charge in [0.1, 0.15) is 13.2 Å². The maximum atomic E-state index is 12.7. The molecular weight excluding hydrogens is 685 g/mol. The number of hydrogen-bond donors (Lipinski definition) is 0. The quantitative estimate of drug-likeness (QED) is 0.0265. The largest absolute Gasteiger partial charge is 0.462 e. The molecule has 0 saturated carbocycles. The van der Waals surface area contributed by atoms with E-state index in [1.54, 1.807) is 0 Å². The lowest BCUT2D eigenvalue weighted by molar-refractivity contribution is -0.167. The Morgan fingerprint density at radius 3 is 0.909 bits per heavy atom. The van der Waals surface area contributed by atoms with Gasteiger partial charge >= 0.3 is 17.9 Å². The van der Waals surface area contributed by atoms with E-state index in [1.807, 2.05) is 0 Å².